The van der Waals surface area contributed by atoms with E-state index in [0.717, 1.165) is 43.1 Å². The maximum atomic E-state index is 13.7. The minimum absolute atomic E-state index is 0.0179. The standard InChI is InChI=1S/C30H32ClN5O4/c1-19-25(14-21(31)15-32-19)29(37)34-22-8-6-20(7-9-22)17-35-26-4-2-3-5-27(26)36(30(35)38)23-10-11-28(33-16-23)40-24-12-13-39-18-24/h2-5,10-11,14-16,20,22,24H,6-9,12-13,17-18H2,1H3,(H,34,37)/t20?,22?,24-/m1/s1. The number of halogens is 1. The lowest BCUT2D eigenvalue weighted by atomic mass is 9.85. The van der Waals surface area contributed by atoms with Crippen molar-refractivity contribution in [2.45, 2.75) is 57.7 Å². The van der Waals surface area contributed by atoms with Crippen LogP contribution in [0.3, 0.4) is 0 Å². The van der Waals surface area contributed by atoms with E-state index in [9.17, 15) is 9.59 Å². The molecule has 0 unspecified atom stereocenters. The monoisotopic (exact) mass is 561 g/mol. The lowest BCUT2D eigenvalue weighted by Gasteiger charge is -2.29. The molecule has 1 saturated heterocycles. The molecule has 40 heavy (non-hydrogen) atoms. The first kappa shape index (κ1) is 26.5. The average molecular weight is 562 g/mol. The lowest BCUT2D eigenvalue weighted by molar-refractivity contribution is 0.0919. The highest BCUT2D eigenvalue weighted by Crippen LogP contribution is 2.28. The van der Waals surface area contributed by atoms with E-state index in [0.29, 0.717) is 53.5 Å². The number of pyridine rings is 2. The SMILES string of the molecule is Cc1ncc(Cl)cc1C(=O)NC1CCC(Cn2c(=O)n(-c3ccc(O[C@@H]4CCOC4)nc3)c3ccccc32)CC1. The van der Waals surface area contributed by atoms with Gasteiger partial charge in [0.1, 0.15) is 6.10 Å². The summed E-state index contributed by atoms with van der Waals surface area (Å²) in [6.45, 7) is 3.71. The summed E-state index contributed by atoms with van der Waals surface area (Å²) in [7, 11) is 0. The average Bonchev–Trinajstić information content (AvgIpc) is 3.57. The Morgan fingerprint density at radius 1 is 1.07 bits per heavy atom. The van der Waals surface area contributed by atoms with Crippen LogP contribution < -0.4 is 15.7 Å². The Bertz CT molecular complexity index is 1570. The van der Waals surface area contributed by atoms with E-state index in [1.807, 2.05) is 41.0 Å². The number of imidazole rings is 1. The number of para-hydroxylation sites is 2. The van der Waals surface area contributed by atoms with Crippen molar-refractivity contribution in [2.75, 3.05) is 13.2 Å². The van der Waals surface area contributed by atoms with Gasteiger partial charge in [0.2, 0.25) is 5.88 Å². The summed E-state index contributed by atoms with van der Waals surface area (Å²) in [6, 6.07) is 13.3. The maximum Gasteiger partial charge on any atom is 0.333 e. The zero-order chi connectivity index (χ0) is 27.6. The number of hydrogen-bond acceptors (Lipinski definition) is 6. The molecule has 3 aromatic heterocycles. The second kappa shape index (κ2) is 11.4. The highest BCUT2D eigenvalue weighted by Gasteiger charge is 2.26. The van der Waals surface area contributed by atoms with Crippen LogP contribution in [0.2, 0.25) is 5.02 Å². The number of benzene rings is 1. The van der Waals surface area contributed by atoms with Crippen molar-refractivity contribution in [2.24, 2.45) is 5.92 Å². The first-order valence-corrected chi connectivity index (χ1v) is 14.2. The van der Waals surface area contributed by atoms with Crippen molar-refractivity contribution in [3.8, 4) is 11.6 Å². The molecular weight excluding hydrogens is 530 g/mol. The van der Waals surface area contributed by atoms with Crippen molar-refractivity contribution in [1.82, 2.24) is 24.4 Å². The molecule has 10 heteroatoms. The van der Waals surface area contributed by atoms with Crippen LogP contribution in [0.5, 0.6) is 5.88 Å². The maximum absolute atomic E-state index is 13.7. The van der Waals surface area contributed by atoms with Gasteiger partial charge in [-0.25, -0.2) is 9.78 Å². The number of carbonyl (C=O) groups is 1. The summed E-state index contributed by atoms with van der Waals surface area (Å²) in [5.41, 5.74) is 3.53. The zero-order valence-corrected chi connectivity index (χ0v) is 23.1. The van der Waals surface area contributed by atoms with Gasteiger partial charge in [0.15, 0.2) is 0 Å². The van der Waals surface area contributed by atoms with Crippen molar-refractivity contribution in [1.29, 1.82) is 0 Å². The summed E-state index contributed by atoms with van der Waals surface area (Å²) in [5.74, 6) is 0.723. The number of fused-ring (bicyclic) bond motifs is 1. The summed E-state index contributed by atoms with van der Waals surface area (Å²) in [4.78, 5) is 35.2. The molecule has 1 amide bonds. The minimum atomic E-state index is -0.142. The van der Waals surface area contributed by atoms with E-state index in [4.69, 9.17) is 21.1 Å². The number of ether oxygens (including phenoxy) is 2. The molecule has 9 nitrogen and oxygen atoms in total. The molecule has 0 bridgehead atoms. The highest BCUT2D eigenvalue weighted by molar-refractivity contribution is 6.30. The van der Waals surface area contributed by atoms with Crippen molar-refractivity contribution >= 4 is 28.5 Å². The lowest BCUT2D eigenvalue weighted by Crippen LogP contribution is -2.39. The van der Waals surface area contributed by atoms with Crippen LogP contribution >= 0.6 is 11.6 Å². The Hall–Kier alpha value is -3.69. The van der Waals surface area contributed by atoms with Gasteiger partial charge < -0.3 is 14.8 Å². The summed E-state index contributed by atoms with van der Waals surface area (Å²) >= 11 is 6.05. The Kier molecular flexibility index (Phi) is 7.58. The van der Waals surface area contributed by atoms with Crippen LogP contribution in [0.15, 0.2) is 59.7 Å². The Balaban J connectivity index is 1.15. The van der Waals surface area contributed by atoms with Crippen LogP contribution in [0.4, 0.5) is 0 Å². The van der Waals surface area contributed by atoms with Gasteiger partial charge in [-0.2, -0.15) is 0 Å². The minimum Gasteiger partial charge on any atom is -0.472 e. The highest BCUT2D eigenvalue weighted by atomic mass is 35.5. The summed E-state index contributed by atoms with van der Waals surface area (Å²) < 4.78 is 14.9. The largest absolute Gasteiger partial charge is 0.472 e. The molecule has 1 aromatic carbocycles. The Labute approximate surface area is 237 Å². The van der Waals surface area contributed by atoms with Crippen LogP contribution in [-0.2, 0) is 11.3 Å². The van der Waals surface area contributed by atoms with Crippen LogP contribution in [0, 0.1) is 12.8 Å². The fourth-order valence-corrected chi connectivity index (χ4v) is 5.89. The first-order valence-electron chi connectivity index (χ1n) is 13.8. The number of amides is 1. The third kappa shape index (κ3) is 5.48. The molecule has 1 N–H and O–H groups in total. The number of rotatable bonds is 7. The molecule has 1 atom stereocenters. The number of carbonyl (C=O) groups excluding carboxylic acids is 1. The number of nitrogens with zero attached hydrogens (tertiary/aromatic N) is 4. The third-order valence-electron chi connectivity index (χ3n) is 7.91. The molecular formula is C30H32ClN5O4. The van der Waals surface area contributed by atoms with Gasteiger partial charge in [0.25, 0.3) is 5.91 Å². The van der Waals surface area contributed by atoms with Gasteiger partial charge in [0.05, 0.1) is 52.4 Å². The molecule has 4 aromatic rings. The smallest absolute Gasteiger partial charge is 0.333 e. The van der Waals surface area contributed by atoms with Crippen molar-refractivity contribution in [3.63, 3.8) is 0 Å². The quantitative estimate of drug-likeness (QED) is 0.351. The van der Waals surface area contributed by atoms with E-state index >= 15 is 0 Å². The molecule has 2 aliphatic rings. The van der Waals surface area contributed by atoms with Crippen LogP contribution in [-0.4, -0.2) is 50.4 Å². The van der Waals surface area contributed by atoms with Gasteiger partial charge in [-0.15, -0.1) is 0 Å². The normalized spacial score (nSPS) is 21.0. The van der Waals surface area contributed by atoms with Gasteiger partial charge in [-0.05, 0) is 62.8 Å². The fourth-order valence-electron chi connectivity index (χ4n) is 5.73. The molecule has 6 rings (SSSR count). The molecule has 4 heterocycles. The van der Waals surface area contributed by atoms with Crippen LogP contribution in [0.25, 0.3) is 16.7 Å². The molecule has 208 valence electrons. The zero-order valence-electron chi connectivity index (χ0n) is 22.4. The van der Waals surface area contributed by atoms with Gasteiger partial charge in [-0.1, -0.05) is 23.7 Å². The second-order valence-electron chi connectivity index (χ2n) is 10.7. The summed E-state index contributed by atoms with van der Waals surface area (Å²) in [5, 5.41) is 3.59. The number of aryl methyl sites for hydroxylation is 1. The van der Waals surface area contributed by atoms with Gasteiger partial charge in [-0.3, -0.25) is 18.9 Å². The number of hydrogen-bond donors (Lipinski definition) is 1. The first-order chi connectivity index (χ1) is 19.5. The number of aromatic nitrogens is 4. The number of nitrogens with one attached hydrogen (secondary N) is 1. The molecule has 1 saturated carbocycles. The van der Waals surface area contributed by atoms with E-state index in [2.05, 4.69) is 15.3 Å². The van der Waals surface area contributed by atoms with E-state index < -0.39 is 0 Å². The van der Waals surface area contributed by atoms with Crippen molar-refractivity contribution < 1.29 is 14.3 Å². The van der Waals surface area contributed by atoms with Gasteiger partial charge in [0, 0.05) is 31.3 Å². The topological polar surface area (TPSA) is 100 Å². The van der Waals surface area contributed by atoms with Gasteiger partial charge >= 0.3 is 5.69 Å². The van der Waals surface area contributed by atoms with E-state index in [1.54, 1.807) is 30.0 Å². The van der Waals surface area contributed by atoms with E-state index in [1.165, 1.54) is 0 Å². The molecule has 0 radical (unpaired) electrons. The van der Waals surface area contributed by atoms with Crippen molar-refractivity contribution in [3.05, 3.63) is 81.6 Å². The summed E-state index contributed by atoms with van der Waals surface area (Å²) in [6.07, 6.45) is 7.65. The Morgan fingerprint density at radius 2 is 1.88 bits per heavy atom. The Morgan fingerprint density at radius 3 is 2.60 bits per heavy atom. The fraction of sp³-hybridized carbons (Fsp3) is 0.400. The predicted octanol–water partition coefficient (Wildman–Crippen LogP) is 4.70. The van der Waals surface area contributed by atoms with Crippen LogP contribution in [0.1, 0.15) is 48.2 Å². The molecule has 2 fully saturated rings. The van der Waals surface area contributed by atoms with E-state index in [-0.39, 0.29) is 23.7 Å². The molecule has 1 aliphatic heterocycles. The second-order valence-corrected chi connectivity index (χ2v) is 11.1. The molecule has 0 spiro atoms. The predicted molar refractivity (Wildman–Crippen MR) is 152 cm³/mol. The third-order valence-corrected chi connectivity index (χ3v) is 8.12. The molecule has 1 aliphatic carbocycles.